The van der Waals surface area contributed by atoms with E-state index in [-0.39, 0.29) is 0 Å². The first-order chi connectivity index (χ1) is 9.19. The summed E-state index contributed by atoms with van der Waals surface area (Å²) in [7, 11) is 4.06. The molecule has 0 spiro atoms. The number of anilines is 1. The molecule has 2 aromatic rings. The van der Waals surface area contributed by atoms with Crippen molar-refractivity contribution in [2.24, 2.45) is 0 Å². The Morgan fingerprint density at radius 2 is 1.79 bits per heavy atom. The van der Waals surface area contributed by atoms with Crippen LogP contribution >= 0.6 is 0 Å². The van der Waals surface area contributed by atoms with Crippen molar-refractivity contribution in [2.75, 3.05) is 19.0 Å². The largest absolute Gasteiger partial charge is 0.377 e. The van der Waals surface area contributed by atoms with Crippen LogP contribution < -0.4 is 4.90 Å². The molecule has 0 unspecified atom stereocenters. The summed E-state index contributed by atoms with van der Waals surface area (Å²) >= 11 is 0. The lowest BCUT2D eigenvalue weighted by atomic mass is 9.99. The highest BCUT2D eigenvalue weighted by Crippen LogP contribution is 2.32. The van der Waals surface area contributed by atoms with E-state index in [0.717, 1.165) is 28.1 Å². The van der Waals surface area contributed by atoms with Crippen molar-refractivity contribution >= 4 is 17.8 Å². The second kappa shape index (κ2) is 5.53. The predicted octanol–water partition coefficient (Wildman–Crippen LogP) is 4.10. The van der Waals surface area contributed by atoms with Gasteiger partial charge in [0, 0.05) is 37.1 Å². The highest BCUT2D eigenvalue weighted by molar-refractivity contribution is 5.84. The van der Waals surface area contributed by atoms with Crippen LogP contribution in [-0.2, 0) is 0 Å². The summed E-state index contributed by atoms with van der Waals surface area (Å²) in [5.74, 6) is 0. The topological polar surface area (TPSA) is 16.1 Å². The minimum atomic E-state index is 0.941. The minimum absolute atomic E-state index is 0.941. The Kier molecular flexibility index (Phi) is 3.81. The molecule has 1 heterocycles. The molecule has 19 heavy (non-hydrogen) atoms. The van der Waals surface area contributed by atoms with Crippen molar-refractivity contribution in [1.29, 1.82) is 0 Å². The third-order valence-corrected chi connectivity index (χ3v) is 3.09. The number of nitrogens with zero attached hydrogens (tertiary/aromatic N) is 2. The van der Waals surface area contributed by atoms with Gasteiger partial charge in [0.15, 0.2) is 0 Å². The van der Waals surface area contributed by atoms with Gasteiger partial charge in [0.05, 0.1) is 5.69 Å². The summed E-state index contributed by atoms with van der Waals surface area (Å²) in [6.45, 7) is 7.74. The molecular formula is C17H18N2. The van der Waals surface area contributed by atoms with Crippen molar-refractivity contribution in [3.05, 3.63) is 60.8 Å². The van der Waals surface area contributed by atoms with Crippen molar-refractivity contribution in [2.45, 2.75) is 0 Å². The molecule has 2 heteroatoms. The van der Waals surface area contributed by atoms with E-state index >= 15 is 0 Å². The molecule has 1 aromatic heterocycles. The van der Waals surface area contributed by atoms with Crippen molar-refractivity contribution in [3.8, 4) is 11.3 Å². The SMILES string of the molecule is C=Cc1ccnc(-c2ccccc2N(C)C)c1C=C. The van der Waals surface area contributed by atoms with Gasteiger partial charge in [-0.2, -0.15) is 0 Å². The fourth-order valence-corrected chi connectivity index (χ4v) is 2.16. The maximum Gasteiger partial charge on any atom is 0.0800 e. The number of pyridine rings is 1. The smallest absolute Gasteiger partial charge is 0.0800 e. The average Bonchev–Trinajstić information content (AvgIpc) is 2.46. The van der Waals surface area contributed by atoms with Gasteiger partial charge in [-0.1, -0.05) is 43.5 Å². The molecule has 96 valence electrons. The maximum absolute atomic E-state index is 4.53. The van der Waals surface area contributed by atoms with Crippen LogP contribution in [0.25, 0.3) is 23.4 Å². The van der Waals surface area contributed by atoms with Gasteiger partial charge in [-0.15, -0.1) is 0 Å². The van der Waals surface area contributed by atoms with E-state index in [2.05, 4.69) is 35.2 Å². The molecule has 0 fully saturated rings. The van der Waals surface area contributed by atoms with E-state index in [1.165, 1.54) is 0 Å². The van der Waals surface area contributed by atoms with Gasteiger partial charge in [-0.05, 0) is 17.7 Å². The number of para-hydroxylation sites is 1. The molecule has 0 bridgehead atoms. The lowest BCUT2D eigenvalue weighted by molar-refractivity contribution is 1.13. The molecule has 0 saturated heterocycles. The third-order valence-electron chi connectivity index (χ3n) is 3.09. The summed E-state index contributed by atoms with van der Waals surface area (Å²) in [5.41, 5.74) is 5.25. The quantitative estimate of drug-likeness (QED) is 0.812. The van der Waals surface area contributed by atoms with Crippen molar-refractivity contribution in [1.82, 2.24) is 4.98 Å². The Labute approximate surface area is 114 Å². The fraction of sp³-hybridized carbons (Fsp3) is 0.118. The lowest BCUT2D eigenvalue weighted by Gasteiger charge is -2.18. The first-order valence-electron chi connectivity index (χ1n) is 6.19. The van der Waals surface area contributed by atoms with Crippen LogP contribution in [0.4, 0.5) is 5.69 Å². The van der Waals surface area contributed by atoms with E-state index in [1.54, 1.807) is 0 Å². The molecule has 0 aliphatic carbocycles. The minimum Gasteiger partial charge on any atom is -0.377 e. The van der Waals surface area contributed by atoms with Crippen LogP contribution in [0.1, 0.15) is 11.1 Å². The lowest BCUT2D eigenvalue weighted by Crippen LogP contribution is -2.10. The molecule has 0 aliphatic heterocycles. The summed E-state index contributed by atoms with van der Waals surface area (Å²) in [6.07, 6.45) is 5.48. The van der Waals surface area contributed by atoms with Crippen LogP contribution in [0.3, 0.4) is 0 Å². The normalized spacial score (nSPS) is 10.0. The highest BCUT2D eigenvalue weighted by Gasteiger charge is 2.12. The Morgan fingerprint density at radius 3 is 2.42 bits per heavy atom. The number of benzene rings is 1. The third kappa shape index (κ3) is 2.43. The first kappa shape index (κ1) is 13.1. The predicted molar refractivity (Wildman–Crippen MR) is 84.2 cm³/mol. The summed E-state index contributed by atoms with van der Waals surface area (Å²) < 4.78 is 0. The van der Waals surface area contributed by atoms with E-state index < -0.39 is 0 Å². The monoisotopic (exact) mass is 250 g/mol. The van der Waals surface area contributed by atoms with E-state index in [0.29, 0.717) is 0 Å². The maximum atomic E-state index is 4.53. The fourth-order valence-electron chi connectivity index (χ4n) is 2.16. The first-order valence-corrected chi connectivity index (χ1v) is 6.19. The second-order valence-electron chi connectivity index (χ2n) is 4.48. The van der Waals surface area contributed by atoms with Crippen molar-refractivity contribution < 1.29 is 0 Å². The summed E-state index contributed by atoms with van der Waals surface area (Å²) in [5, 5.41) is 0. The molecule has 0 radical (unpaired) electrons. The zero-order valence-corrected chi connectivity index (χ0v) is 11.4. The molecule has 1 aromatic carbocycles. The Hall–Kier alpha value is -2.35. The number of aromatic nitrogens is 1. The number of hydrogen-bond acceptors (Lipinski definition) is 2. The van der Waals surface area contributed by atoms with E-state index in [4.69, 9.17) is 0 Å². The molecule has 0 atom stereocenters. The van der Waals surface area contributed by atoms with Gasteiger partial charge in [-0.25, -0.2) is 0 Å². The highest BCUT2D eigenvalue weighted by atomic mass is 15.1. The Bertz CT molecular complexity index is 612. The molecular weight excluding hydrogens is 232 g/mol. The van der Waals surface area contributed by atoms with Crippen LogP contribution in [-0.4, -0.2) is 19.1 Å². The van der Waals surface area contributed by atoms with Crippen LogP contribution in [0.5, 0.6) is 0 Å². The number of hydrogen-bond donors (Lipinski definition) is 0. The summed E-state index contributed by atoms with van der Waals surface area (Å²) in [6, 6.07) is 10.2. The second-order valence-corrected chi connectivity index (χ2v) is 4.48. The zero-order valence-electron chi connectivity index (χ0n) is 11.4. The molecule has 0 amide bonds. The molecule has 0 N–H and O–H groups in total. The Balaban J connectivity index is 2.72. The van der Waals surface area contributed by atoms with Gasteiger partial charge in [0.2, 0.25) is 0 Å². The van der Waals surface area contributed by atoms with Gasteiger partial charge in [0.1, 0.15) is 0 Å². The van der Waals surface area contributed by atoms with Crippen LogP contribution in [0, 0.1) is 0 Å². The van der Waals surface area contributed by atoms with Crippen molar-refractivity contribution in [3.63, 3.8) is 0 Å². The molecule has 2 rings (SSSR count). The van der Waals surface area contributed by atoms with Gasteiger partial charge in [-0.3, -0.25) is 4.98 Å². The van der Waals surface area contributed by atoms with Gasteiger partial charge in [0.25, 0.3) is 0 Å². The molecule has 0 aliphatic rings. The van der Waals surface area contributed by atoms with Crippen LogP contribution in [0.15, 0.2) is 49.7 Å². The zero-order chi connectivity index (χ0) is 13.8. The van der Waals surface area contributed by atoms with E-state index in [9.17, 15) is 0 Å². The standard InChI is InChI=1S/C17H18N2/c1-5-13-11-12-18-17(14(13)6-2)15-9-7-8-10-16(15)19(3)4/h5-12H,1-2H2,3-4H3. The Morgan fingerprint density at radius 1 is 1.05 bits per heavy atom. The van der Waals surface area contributed by atoms with Crippen LogP contribution in [0.2, 0.25) is 0 Å². The number of rotatable bonds is 4. The summed E-state index contributed by atoms with van der Waals surface area (Å²) in [4.78, 5) is 6.61. The van der Waals surface area contributed by atoms with Gasteiger partial charge < -0.3 is 4.90 Å². The molecule has 2 nitrogen and oxygen atoms in total. The van der Waals surface area contributed by atoms with E-state index in [1.807, 2.05) is 50.6 Å². The van der Waals surface area contributed by atoms with Gasteiger partial charge >= 0.3 is 0 Å². The molecule has 0 saturated carbocycles. The average molecular weight is 250 g/mol.